The highest BCUT2D eigenvalue weighted by atomic mass is 31.1. The van der Waals surface area contributed by atoms with Gasteiger partial charge in [-0.2, -0.15) is 0 Å². The van der Waals surface area contributed by atoms with Crippen molar-refractivity contribution in [2.24, 2.45) is 0 Å². The van der Waals surface area contributed by atoms with Gasteiger partial charge in [-0.1, -0.05) is 42.5 Å². The van der Waals surface area contributed by atoms with E-state index in [-0.39, 0.29) is 0 Å². The number of benzene rings is 2. The fraction of sp³-hybridized carbons (Fsp3) is 0.0769. The second-order valence-electron chi connectivity index (χ2n) is 3.51. The summed E-state index contributed by atoms with van der Waals surface area (Å²) in [5.74, 6) is 1.06. The molecule has 0 aliphatic carbocycles. The third kappa shape index (κ3) is 1.53. The molecule has 2 aromatic rings. The Morgan fingerprint density at radius 2 is 1.80 bits per heavy atom. The molecule has 0 aromatic heterocycles. The molecule has 2 heteroatoms. The average Bonchev–Trinajstić information content (AvgIpc) is 2.78. The molecule has 15 heavy (non-hydrogen) atoms. The van der Waals surface area contributed by atoms with Crippen LogP contribution in [0.3, 0.4) is 0 Å². The average molecular weight is 214 g/mol. The van der Waals surface area contributed by atoms with Crippen LogP contribution >= 0.6 is 8.58 Å². The molecular formula is C13H11OP. The van der Waals surface area contributed by atoms with Gasteiger partial charge in [0.2, 0.25) is 0 Å². The molecule has 3 rings (SSSR count). The molecule has 0 spiro atoms. The van der Waals surface area contributed by atoms with Crippen molar-refractivity contribution in [1.82, 2.24) is 0 Å². The van der Waals surface area contributed by atoms with Gasteiger partial charge in [0.1, 0.15) is 12.1 Å². The quantitative estimate of drug-likeness (QED) is 0.663. The van der Waals surface area contributed by atoms with Gasteiger partial charge in [-0.3, -0.25) is 0 Å². The predicted molar refractivity (Wildman–Crippen MR) is 65.3 cm³/mol. The van der Waals surface area contributed by atoms with Crippen molar-refractivity contribution in [3.8, 4) is 16.9 Å². The lowest BCUT2D eigenvalue weighted by Gasteiger charge is -2.06. The van der Waals surface area contributed by atoms with E-state index >= 15 is 0 Å². The van der Waals surface area contributed by atoms with Crippen LogP contribution in [0.15, 0.2) is 48.5 Å². The second-order valence-corrected chi connectivity index (χ2v) is 4.65. The standard InChI is InChI=1S/C13H11OP/c1-2-5-10(6-3-1)11-7-4-8-12-13(11)15-9-14-12/h1-8,15H,9H2. The van der Waals surface area contributed by atoms with Gasteiger partial charge in [0.15, 0.2) is 0 Å². The molecule has 1 nitrogen and oxygen atoms in total. The van der Waals surface area contributed by atoms with Crippen LogP contribution in [0.5, 0.6) is 5.75 Å². The zero-order valence-electron chi connectivity index (χ0n) is 8.23. The van der Waals surface area contributed by atoms with Crippen LogP contribution in [0.4, 0.5) is 0 Å². The zero-order valence-corrected chi connectivity index (χ0v) is 9.23. The Hall–Kier alpha value is -1.33. The van der Waals surface area contributed by atoms with E-state index in [1.165, 1.54) is 16.4 Å². The normalized spacial score (nSPS) is 14.9. The van der Waals surface area contributed by atoms with Crippen LogP contribution in [-0.2, 0) is 0 Å². The van der Waals surface area contributed by atoms with Crippen molar-refractivity contribution in [3.05, 3.63) is 48.5 Å². The highest BCUT2D eigenvalue weighted by molar-refractivity contribution is 7.48. The summed E-state index contributed by atoms with van der Waals surface area (Å²) in [6.07, 6.45) is 0.846. The summed E-state index contributed by atoms with van der Waals surface area (Å²) in [6, 6.07) is 16.8. The van der Waals surface area contributed by atoms with Crippen LogP contribution < -0.4 is 10.0 Å². The molecule has 1 aliphatic heterocycles. The van der Waals surface area contributed by atoms with Gasteiger partial charge < -0.3 is 4.74 Å². The summed E-state index contributed by atoms with van der Waals surface area (Å²) in [5, 5.41) is 1.38. The maximum absolute atomic E-state index is 5.57. The highest BCUT2D eigenvalue weighted by Crippen LogP contribution is 2.33. The molecule has 0 N–H and O–H groups in total. The molecule has 0 bridgehead atoms. The molecule has 2 aromatic carbocycles. The van der Waals surface area contributed by atoms with E-state index < -0.39 is 0 Å². The summed E-state index contributed by atoms with van der Waals surface area (Å²) in [5.41, 5.74) is 2.61. The zero-order chi connectivity index (χ0) is 10.1. The Kier molecular flexibility index (Phi) is 2.19. The number of hydrogen-bond donors (Lipinski definition) is 0. The lowest BCUT2D eigenvalue weighted by atomic mass is 10.1. The SMILES string of the molecule is c1ccc(-c2cccc3c2PCO3)cc1. The minimum atomic E-state index is 0.782. The largest absolute Gasteiger partial charge is 0.488 e. The van der Waals surface area contributed by atoms with Gasteiger partial charge in [0, 0.05) is 5.30 Å². The summed E-state index contributed by atoms with van der Waals surface area (Å²) in [4.78, 5) is 0. The second kappa shape index (κ2) is 3.67. The Morgan fingerprint density at radius 3 is 2.67 bits per heavy atom. The molecule has 1 heterocycles. The van der Waals surface area contributed by atoms with Crippen molar-refractivity contribution in [3.63, 3.8) is 0 Å². The number of ether oxygens (including phenoxy) is 1. The molecule has 0 amide bonds. The predicted octanol–water partition coefficient (Wildman–Crippen LogP) is 3.01. The van der Waals surface area contributed by atoms with E-state index in [4.69, 9.17) is 4.74 Å². The Bertz CT molecular complexity index is 479. The minimum absolute atomic E-state index is 0.782. The van der Waals surface area contributed by atoms with Crippen LogP contribution in [0, 0.1) is 0 Å². The molecule has 0 fully saturated rings. The smallest absolute Gasteiger partial charge is 0.127 e. The fourth-order valence-corrected chi connectivity index (χ4v) is 3.00. The maximum Gasteiger partial charge on any atom is 0.127 e. The topological polar surface area (TPSA) is 9.23 Å². The van der Waals surface area contributed by atoms with Crippen LogP contribution in [0.25, 0.3) is 11.1 Å². The van der Waals surface area contributed by atoms with E-state index in [9.17, 15) is 0 Å². The number of hydrogen-bond acceptors (Lipinski definition) is 1. The van der Waals surface area contributed by atoms with Crippen molar-refractivity contribution >= 4 is 13.9 Å². The molecule has 74 valence electrons. The van der Waals surface area contributed by atoms with Crippen molar-refractivity contribution in [2.75, 3.05) is 6.35 Å². The van der Waals surface area contributed by atoms with Crippen molar-refractivity contribution in [2.45, 2.75) is 0 Å². The Morgan fingerprint density at radius 1 is 0.933 bits per heavy atom. The third-order valence-corrected chi connectivity index (χ3v) is 3.75. The lowest BCUT2D eigenvalue weighted by Crippen LogP contribution is -1.97. The van der Waals surface area contributed by atoms with Gasteiger partial charge in [-0.05, 0) is 25.8 Å². The van der Waals surface area contributed by atoms with Crippen molar-refractivity contribution < 1.29 is 4.74 Å². The summed E-state index contributed by atoms with van der Waals surface area (Å²) >= 11 is 0. The first-order chi connectivity index (χ1) is 7.45. The molecule has 0 radical (unpaired) electrons. The summed E-state index contributed by atoms with van der Waals surface area (Å²) in [6.45, 7) is 0. The summed E-state index contributed by atoms with van der Waals surface area (Å²) in [7, 11) is 0.782. The fourth-order valence-electron chi connectivity index (χ4n) is 1.88. The first kappa shape index (κ1) is 8.94. The van der Waals surface area contributed by atoms with E-state index in [1.807, 2.05) is 6.07 Å². The molecule has 1 aliphatic rings. The molecule has 1 unspecified atom stereocenters. The van der Waals surface area contributed by atoms with Gasteiger partial charge in [0.05, 0.1) is 0 Å². The number of rotatable bonds is 1. The maximum atomic E-state index is 5.57. The lowest BCUT2D eigenvalue weighted by molar-refractivity contribution is 0.403. The first-order valence-corrected chi connectivity index (χ1v) is 6.21. The highest BCUT2D eigenvalue weighted by Gasteiger charge is 2.15. The van der Waals surface area contributed by atoms with Gasteiger partial charge >= 0.3 is 0 Å². The van der Waals surface area contributed by atoms with E-state index in [0.29, 0.717) is 0 Å². The molecule has 1 atom stereocenters. The number of fused-ring (bicyclic) bond motifs is 1. The Balaban J connectivity index is 2.17. The summed E-state index contributed by atoms with van der Waals surface area (Å²) < 4.78 is 5.57. The van der Waals surface area contributed by atoms with Gasteiger partial charge in [-0.15, -0.1) is 0 Å². The molecular weight excluding hydrogens is 203 g/mol. The monoisotopic (exact) mass is 214 g/mol. The Labute approximate surface area is 90.9 Å². The van der Waals surface area contributed by atoms with Gasteiger partial charge in [-0.25, -0.2) is 0 Å². The van der Waals surface area contributed by atoms with Gasteiger partial charge in [0.25, 0.3) is 0 Å². The molecule has 0 saturated carbocycles. The van der Waals surface area contributed by atoms with E-state index in [0.717, 1.165) is 20.7 Å². The van der Waals surface area contributed by atoms with E-state index in [1.54, 1.807) is 0 Å². The van der Waals surface area contributed by atoms with Crippen molar-refractivity contribution in [1.29, 1.82) is 0 Å². The minimum Gasteiger partial charge on any atom is -0.488 e. The third-order valence-electron chi connectivity index (χ3n) is 2.59. The molecule has 0 saturated heterocycles. The van der Waals surface area contributed by atoms with Crippen LogP contribution in [-0.4, -0.2) is 6.35 Å². The van der Waals surface area contributed by atoms with Crippen LogP contribution in [0.1, 0.15) is 0 Å². The van der Waals surface area contributed by atoms with E-state index in [2.05, 4.69) is 42.5 Å². The first-order valence-electron chi connectivity index (χ1n) is 5.00. The van der Waals surface area contributed by atoms with Crippen LogP contribution in [0.2, 0.25) is 0 Å².